The van der Waals surface area contributed by atoms with Crippen molar-refractivity contribution in [2.75, 3.05) is 33.3 Å². The minimum atomic E-state index is -0.834. The van der Waals surface area contributed by atoms with Gasteiger partial charge in [0.05, 0.1) is 7.11 Å². The first-order valence-corrected chi connectivity index (χ1v) is 10.8. The Morgan fingerprint density at radius 3 is 2.21 bits per heavy atom. The normalized spacial score (nSPS) is 14.2. The van der Waals surface area contributed by atoms with E-state index in [1.165, 1.54) is 6.07 Å². The van der Waals surface area contributed by atoms with Crippen LogP contribution in [0, 0.1) is 11.6 Å². The maximum absolute atomic E-state index is 13.9. The van der Waals surface area contributed by atoms with Crippen molar-refractivity contribution in [3.05, 3.63) is 95.1 Å². The van der Waals surface area contributed by atoms with Crippen molar-refractivity contribution < 1.29 is 23.0 Å². The third-order valence-electron chi connectivity index (χ3n) is 5.75. The molecule has 33 heavy (non-hydrogen) atoms. The van der Waals surface area contributed by atoms with Crippen molar-refractivity contribution in [2.45, 2.75) is 13.2 Å². The molecule has 0 bridgehead atoms. The lowest BCUT2D eigenvalue weighted by Gasteiger charge is -2.34. The molecule has 0 aliphatic carbocycles. The third-order valence-corrected chi connectivity index (χ3v) is 5.75. The van der Waals surface area contributed by atoms with Gasteiger partial charge in [-0.05, 0) is 48.0 Å². The maximum Gasteiger partial charge on any atom is 0.253 e. The van der Waals surface area contributed by atoms with Crippen LogP contribution in [-0.4, -0.2) is 49.0 Å². The highest BCUT2D eigenvalue weighted by molar-refractivity contribution is 5.94. The molecule has 1 aliphatic heterocycles. The number of methoxy groups -OCH3 is 1. The van der Waals surface area contributed by atoms with E-state index in [4.69, 9.17) is 9.47 Å². The summed E-state index contributed by atoms with van der Waals surface area (Å²) in [5, 5.41) is 0. The number of hydrogen-bond acceptors (Lipinski definition) is 4. The lowest BCUT2D eigenvalue weighted by atomic mass is 10.1. The van der Waals surface area contributed by atoms with E-state index in [-0.39, 0.29) is 5.91 Å². The fourth-order valence-corrected chi connectivity index (χ4v) is 3.79. The molecule has 0 N–H and O–H groups in total. The van der Waals surface area contributed by atoms with Gasteiger partial charge in [-0.1, -0.05) is 24.3 Å². The van der Waals surface area contributed by atoms with Crippen molar-refractivity contribution in [1.29, 1.82) is 0 Å². The van der Waals surface area contributed by atoms with E-state index in [0.717, 1.165) is 23.1 Å². The number of halogens is 2. The molecule has 172 valence electrons. The average molecular weight is 453 g/mol. The Hall–Kier alpha value is -3.45. The molecule has 5 nitrogen and oxygen atoms in total. The smallest absolute Gasteiger partial charge is 0.253 e. The number of hydrogen-bond donors (Lipinski definition) is 0. The van der Waals surface area contributed by atoms with Crippen molar-refractivity contribution in [2.24, 2.45) is 0 Å². The quantitative estimate of drug-likeness (QED) is 0.529. The zero-order valence-electron chi connectivity index (χ0n) is 18.5. The summed E-state index contributed by atoms with van der Waals surface area (Å²) in [5.74, 6) is -0.153. The first-order chi connectivity index (χ1) is 16.0. The molecule has 3 aromatic carbocycles. The van der Waals surface area contributed by atoms with E-state index in [1.807, 2.05) is 53.4 Å². The second kappa shape index (κ2) is 10.4. The SMILES string of the molecule is COc1ccc(OCc2ccc(C(=O)N3CCN(Cc4cccc(F)c4F)CC3)cc2)cc1. The standard InChI is InChI=1S/C26H26F2N2O3/c1-32-22-9-11-23(12-10-22)33-18-19-5-7-20(8-6-19)26(31)30-15-13-29(14-16-30)17-21-3-2-4-24(27)25(21)28/h2-12H,13-18H2,1H3. The van der Waals surface area contributed by atoms with Crippen molar-refractivity contribution in [3.63, 3.8) is 0 Å². The Morgan fingerprint density at radius 1 is 0.879 bits per heavy atom. The van der Waals surface area contributed by atoms with Gasteiger partial charge in [0.25, 0.3) is 5.91 Å². The van der Waals surface area contributed by atoms with Crippen LogP contribution in [0.2, 0.25) is 0 Å². The van der Waals surface area contributed by atoms with E-state index in [9.17, 15) is 13.6 Å². The molecule has 7 heteroatoms. The summed E-state index contributed by atoms with van der Waals surface area (Å²) in [4.78, 5) is 16.7. The lowest BCUT2D eigenvalue weighted by molar-refractivity contribution is 0.0627. The second-order valence-electron chi connectivity index (χ2n) is 7.94. The van der Waals surface area contributed by atoms with Crippen LogP contribution in [0.25, 0.3) is 0 Å². The number of carbonyl (C=O) groups is 1. The van der Waals surface area contributed by atoms with E-state index in [1.54, 1.807) is 18.1 Å². The molecule has 3 aromatic rings. The highest BCUT2D eigenvalue weighted by Gasteiger charge is 2.23. The van der Waals surface area contributed by atoms with Crippen LogP contribution in [0.1, 0.15) is 21.5 Å². The maximum atomic E-state index is 13.9. The zero-order chi connectivity index (χ0) is 23.2. The summed E-state index contributed by atoms with van der Waals surface area (Å²) >= 11 is 0. The van der Waals surface area contributed by atoms with Crippen LogP contribution >= 0.6 is 0 Å². The largest absolute Gasteiger partial charge is 0.497 e. The molecular weight excluding hydrogens is 426 g/mol. The number of carbonyl (C=O) groups excluding carboxylic acids is 1. The van der Waals surface area contributed by atoms with E-state index < -0.39 is 11.6 Å². The number of nitrogens with zero attached hydrogens (tertiary/aromatic N) is 2. The van der Waals surface area contributed by atoms with Gasteiger partial charge in [-0.25, -0.2) is 8.78 Å². The molecule has 0 radical (unpaired) electrons. The average Bonchev–Trinajstić information content (AvgIpc) is 2.86. The van der Waals surface area contributed by atoms with Gasteiger partial charge in [0.15, 0.2) is 11.6 Å². The summed E-state index contributed by atoms with van der Waals surface area (Å²) in [7, 11) is 1.62. The highest BCUT2D eigenvalue weighted by Crippen LogP contribution is 2.19. The minimum Gasteiger partial charge on any atom is -0.497 e. The molecule has 4 rings (SSSR count). The van der Waals surface area contributed by atoms with Crippen LogP contribution in [-0.2, 0) is 13.2 Å². The van der Waals surface area contributed by atoms with Gasteiger partial charge in [0.2, 0.25) is 0 Å². The lowest BCUT2D eigenvalue weighted by Crippen LogP contribution is -2.48. The van der Waals surface area contributed by atoms with Crippen LogP contribution in [0.15, 0.2) is 66.7 Å². The number of benzene rings is 3. The third kappa shape index (κ3) is 5.68. The molecule has 0 unspecified atom stereocenters. The Kier molecular flexibility index (Phi) is 7.19. The second-order valence-corrected chi connectivity index (χ2v) is 7.94. The van der Waals surface area contributed by atoms with Crippen molar-refractivity contribution >= 4 is 5.91 Å². The summed E-state index contributed by atoms with van der Waals surface area (Å²) in [6.07, 6.45) is 0. The predicted octanol–water partition coefficient (Wildman–Crippen LogP) is 4.51. The number of rotatable bonds is 7. The van der Waals surface area contributed by atoms with Gasteiger partial charge in [-0.3, -0.25) is 9.69 Å². The first kappa shape index (κ1) is 22.7. The Bertz CT molecular complexity index is 1080. The minimum absolute atomic E-state index is 0.0331. The van der Waals surface area contributed by atoms with Gasteiger partial charge in [-0.15, -0.1) is 0 Å². The Labute approximate surface area is 192 Å². The first-order valence-electron chi connectivity index (χ1n) is 10.8. The Morgan fingerprint density at radius 2 is 1.55 bits per heavy atom. The topological polar surface area (TPSA) is 42.0 Å². The molecule has 0 aromatic heterocycles. The monoisotopic (exact) mass is 452 g/mol. The van der Waals surface area contributed by atoms with Gasteiger partial charge in [0, 0.05) is 43.9 Å². The summed E-state index contributed by atoms with van der Waals surface area (Å²) in [6, 6.07) is 19.0. The molecule has 0 spiro atoms. The van der Waals surface area contributed by atoms with E-state index in [0.29, 0.717) is 50.5 Å². The van der Waals surface area contributed by atoms with E-state index >= 15 is 0 Å². The molecule has 1 saturated heterocycles. The van der Waals surface area contributed by atoms with Crippen LogP contribution in [0.5, 0.6) is 11.5 Å². The molecular formula is C26H26F2N2O3. The van der Waals surface area contributed by atoms with Gasteiger partial charge in [-0.2, -0.15) is 0 Å². The molecule has 1 amide bonds. The van der Waals surface area contributed by atoms with Crippen LogP contribution in [0.3, 0.4) is 0 Å². The molecule has 0 saturated carbocycles. The number of ether oxygens (including phenoxy) is 2. The molecule has 0 atom stereocenters. The predicted molar refractivity (Wildman–Crippen MR) is 121 cm³/mol. The number of amides is 1. The highest BCUT2D eigenvalue weighted by atomic mass is 19.2. The fraction of sp³-hybridized carbons (Fsp3) is 0.269. The number of piperazine rings is 1. The molecule has 1 heterocycles. The van der Waals surface area contributed by atoms with Crippen LogP contribution in [0.4, 0.5) is 8.78 Å². The zero-order valence-corrected chi connectivity index (χ0v) is 18.5. The van der Waals surface area contributed by atoms with E-state index in [2.05, 4.69) is 0 Å². The molecule has 1 fully saturated rings. The van der Waals surface area contributed by atoms with Crippen molar-refractivity contribution in [1.82, 2.24) is 9.80 Å². The summed E-state index contributed by atoms with van der Waals surface area (Å²) in [5.41, 5.74) is 1.92. The van der Waals surface area contributed by atoms with Gasteiger partial charge in [0.1, 0.15) is 18.1 Å². The Balaban J connectivity index is 1.27. The van der Waals surface area contributed by atoms with Gasteiger partial charge < -0.3 is 14.4 Å². The summed E-state index contributed by atoms with van der Waals surface area (Å²) in [6.45, 7) is 3.02. The molecule has 1 aliphatic rings. The van der Waals surface area contributed by atoms with Crippen LogP contribution < -0.4 is 9.47 Å². The fourth-order valence-electron chi connectivity index (χ4n) is 3.79. The van der Waals surface area contributed by atoms with Crippen molar-refractivity contribution in [3.8, 4) is 11.5 Å². The van der Waals surface area contributed by atoms with Gasteiger partial charge >= 0.3 is 0 Å². The summed E-state index contributed by atoms with van der Waals surface area (Å²) < 4.78 is 38.3.